The van der Waals surface area contributed by atoms with E-state index in [2.05, 4.69) is 15.3 Å². The van der Waals surface area contributed by atoms with Crippen LogP contribution in [0.15, 0.2) is 24.4 Å². The van der Waals surface area contributed by atoms with Crippen molar-refractivity contribution in [3.05, 3.63) is 41.9 Å². The second-order valence-corrected chi connectivity index (χ2v) is 10.3. The van der Waals surface area contributed by atoms with Crippen LogP contribution in [0, 0.1) is 29.4 Å². The van der Waals surface area contributed by atoms with E-state index in [9.17, 15) is 23.2 Å². The Balaban J connectivity index is 1.78. The summed E-state index contributed by atoms with van der Waals surface area (Å²) in [5.41, 5.74) is 6.19. The molecule has 1 aromatic carbocycles. The Morgan fingerprint density at radius 2 is 1.76 bits per heavy atom. The zero-order chi connectivity index (χ0) is 27.1. The fraction of sp³-hybridized carbons (Fsp3) is 0.556. The molecule has 1 aliphatic heterocycles. The quantitative estimate of drug-likeness (QED) is 0.440. The van der Waals surface area contributed by atoms with E-state index in [0.29, 0.717) is 31.0 Å². The Kier molecular flexibility index (Phi) is 9.77. The van der Waals surface area contributed by atoms with Gasteiger partial charge in [0.15, 0.2) is 0 Å². The highest BCUT2D eigenvalue weighted by Crippen LogP contribution is 2.27. The van der Waals surface area contributed by atoms with Gasteiger partial charge in [-0.1, -0.05) is 26.7 Å². The van der Waals surface area contributed by atoms with Crippen LogP contribution in [0.25, 0.3) is 11.3 Å². The summed E-state index contributed by atoms with van der Waals surface area (Å²) in [5, 5.41) is 2.85. The van der Waals surface area contributed by atoms with Gasteiger partial charge in [0.05, 0.1) is 29.8 Å². The smallest absolute Gasteiger partial charge is 0.225 e. The molecular formula is C27H37F2N5O3. The molecule has 0 radical (unpaired) electrons. The van der Waals surface area contributed by atoms with Gasteiger partial charge in [-0.2, -0.15) is 0 Å². The fourth-order valence-corrected chi connectivity index (χ4v) is 4.83. The van der Waals surface area contributed by atoms with E-state index in [1.165, 1.54) is 12.3 Å². The van der Waals surface area contributed by atoms with Crippen molar-refractivity contribution in [3.63, 3.8) is 0 Å². The van der Waals surface area contributed by atoms with Gasteiger partial charge in [0, 0.05) is 31.1 Å². The molecule has 0 bridgehead atoms. The van der Waals surface area contributed by atoms with Crippen LogP contribution in [0.1, 0.15) is 71.2 Å². The number of nitrogens with zero attached hydrogens (tertiary/aromatic N) is 2. The number of halogens is 2. The fourth-order valence-electron chi connectivity index (χ4n) is 4.83. The van der Waals surface area contributed by atoms with Crippen LogP contribution in [-0.4, -0.2) is 45.7 Å². The van der Waals surface area contributed by atoms with Gasteiger partial charge in [0.1, 0.15) is 17.5 Å². The first-order valence-corrected chi connectivity index (χ1v) is 12.9. The van der Waals surface area contributed by atoms with Gasteiger partial charge < -0.3 is 20.9 Å². The molecule has 2 heterocycles. The van der Waals surface area contributed by atoms with Gasteiger partial charge in [-0.3, -0.25) is 14.4 Å². The highest BCUT2D eigenvalue weighted by atomic mass is 19.1. The minimum atomic E-state index is -0.929. The van der Waals surface area contributed by atoms with Crippen molar-refractivity contribution in [3.8, 4) is 11.3 Å². The number of nitrogens with two attached hydrogens (primary N) is 1. The number of H-pyrrole nitrogens is 1. The summed E-state index contributed by atoms with van der Waals surface area (Å²) in [4.78, 5) is 48.0. The lowest BCUT2D eigenvalue weighted by Crippen LogP contribution is -2.45. The Hall–Kier alpha value is -3.30. The van der Waals surface area contributed by atoms with E-state index >= 15 is 0 Å². The molecule has 2 aromatic rings. The maximum atomic E-state index is 14.2. The molecule has 1 saturated heterocycles. The molecule has 0 saturated carbocycles. The number of likely N-dealkylation sites (tertiary alicyclic amines) is 1. The van der Waals surface area contributed by atoms with Crippen LogP contribution in [-0.2, 0) is 14.4 Å². The first-order chi connectivity index (χ1) is 17.6. The number of carbonyl (C=O) groups is 3. The number of aromatic amines is 1. The average molecular weight is 518 g/mol. The normalized spacial score (nSPS) is 16.6. The second-order valence-electron chi connectivity index (χ2n) is 10.3. The minimum Gasteiger partial charge on any atom is -0.369 e. The third kappa shape index (κ3) is 7.60. The zero-order valence-corrected chi connectivity index (χ0v) is 21.7. The first-order valence-electron chi connectivity index (χ1n) is 12.9. The van der Waals surface area contributed by atoms with Crippen molar-refractivity contribution in [2.24, 2.45) is 23.5 Å². The summed E-state index contributed by atoms with van der Waals surface area (Å²) in [7, 11) is 0. The number of amides is 3. The van der Waals surface area contributed by atoms with Crippen LogP contribution in [0.4, 0.5) is 8.78 Å². The van der Waals surface area contributed by atoms with Gasteiger partial charge >= 0.3 is 0 Å². The number of hydrogen-bond donors (Lipinski definition) is 3. The molecule has 1 aliphatic rings. The van der Waals surface area contributed by atoms with Crippen molar-refractivity contribution in [2.75, 3.05) is 13.1 Å². The maximum absolute atomic E-state index is 14.2. The molecule has 3 amide bonds. The molecule has 3 rings (SSSR count). The van der Waals surface area contributed by atoms with E-state index in [1.54, 1.807) is 11.8 Å². The molecule has 10 heteroatoms. The van der Waals surface area contributed by atoms with Crippen molar-refractivity contribution >= 4 is 17.7 Å². The van der Waals surface area contributed by atoms with Gasteiger partial charge in [-0.15, -0.1) is 0 Å². The van der Waals surface area contributed by atoms with Crippen LogP contribution in [0.5, 0.6) is 0 Å². The number of nitrogens with one attached hydrogen (secondary N) is 2. The van der Waals surface area contributed by atoms with E-state index < -0.39 is 41.3 Å². The van der Waals surface area contributed by atoms with E-state index in [1.807, 2.05) is 13.8 Å². The maximum Gasteiger partial charge on any atom is 0.225 e. The van der Waals surface area contributed by atoms with Gasteiger partial charge in [0.25, 0.3) is 0 Å². The summed E-state index contributed by atoms with van der Waals surface area (Å²) in [6, 6.07) is 2.60. The summed E-state index contributed by atoms with van der Waals surface area (Å²) >= 11 is 0. The van der Waals surface area contributed by atoms with Gasteiger partial charge in [-0.25, -0.2) is 13.8 Å². The number of primary amides is 1. The van der Waals surface area contributed by atoms with E-state index in [-0.39, 0.29) is 23.8 Å². The number of imidazole rings is 1. The number of aromatic nitrogens is 2. The molecule has 1 unspecified atom stereocenters. The minimum absolute atomic E-state index is 0.0942. The summed E-state index contributed by atoms with van der Waals surface area (Å²) in [6.45, 7) is 6.84. The highest BCUT2D eigenvalue weighted by molar-refractivity contribution is 5.91. The molecule has 3 atom stereocenters. The monoisotopic (exact) mass is 517 g/mol. The Morgan fingerprint density at radius 3 is 2.35 bits per heavy atom. The van der Waals surface area contributed by atoms with Crippen molar-refractivity contribution in [1.29, 1.82) is 0 Å². The van der Waals surface area contributed by atoms with Crippen LogP contribution >= 0.6 is 0 Å². The number of rotatable bonds is 10. The Labute approximate surface area is 216 Å². The largest absolute Gasteiger partial charge is 0.369 e. The third-order valence-corrected chi connectivity index (χ3v) is 6.85. The zero-order valence-electron chi connectivity index (χ0n) is 21.7. The molecule has 1 aromatic heterocycles. The molecular weight excluding hydrogens is 480 g/mol. The topological polar surface area (TPSA) is 121 Å². The van der Waals surface area contributed by atoms with E-state index in [4.69, 9.17) is 5.73 Å². The summed E-state index contributed by atoms with van der Waals surface area (Å²) in [5.74, 6) is -3.95. The number of benzene rings is 1. The lowest BCUT2D eigenvalue weighted by atomic mass is 9.81. The molecule has 202 valence electrons. The standard InChI is InChI=1S/C27H37F2N5O3/c1-16(2)12-20(25(30)36)21(14-24(35)34-10-6-4-5-7-11-34)27(37)32-17(3)26-31-15-23(33-26)19-9-8-18(28)13-22(19)29/h8-9,13,15-17,20-21H,4-7,10-12,14H2,1-3H3,(H2,30,36)(H,31,33)(H,32,37)/t17-,20?,21-/m0/s1. The predicted octanol–water partition coefficient (Wildman–Crippen LogP) is 4.09. The molecule has 1 fully saturated rings. The van der Waals surface area contributed by atoms with Crippen LogP contribution in [0.3, 0.4) is 0 Å². The molecule has 4 N–H and O–H groups in total. The van der Waals surface area contributed by atoms with Crippen molar-refractivity contribution < 1.29 is 23.2 Å². The predicted molar refractivity (Wildman–Crippen MR) is 136 cm³/mol. The Morgan fingerprint density at radius 1 is 1.08 bits per heavy atom. The SMILES string of the molecule is CC(C)CC(C(N)=O)[C@H](CC(=O)N1CCCCCC1)C(=O)N[C@@H](C)c1ncc(-c2ccc(F)cc2F)[nH]1. The van der Waals surface area contributed by atoms with Gasteiger partial charge in [-0.05, 0) is 44.2 Å². The molecule has 8 nitrogen and oxygen atoms in total. The lowest BCUT2D eigenvalue weighted by molar-refractivity contribution is -0.140. The summed E-state index contributed by atoms with van der Waals surface area (Å²) < 4.78 is 27.5. The van der Waals surface area contributed by atoms with E-state index in [0.717, 1.165) is 37.8 Å². The van der Waals surface area contributed by atoms with Crippen molar-refractivity contribution in [1.82, 2.24) is 20.2 Å². The lowest BCUT2D eigenvalue weighted by Gasteiger charge is -2.29. The molecule has 0 spiro atoms. The highest BCUT2D eigenvalue weighted by Gasteiger charge is 2.36. The van der Waals surface area contributed by atoms with Crippen LogP contribution in [0.2, 0.25) is 0 Å². The van der Waals surface area contributed by atoms with Gasteiger partial charge in [0.2, 0.25) is 17.7 Å². The second kappa shape index (κ2) is 12.8. The first kappa shape index (κ1) is 28.3. The molecule has 0 aliphatic carbocycles. The number of hydrogen-bond acceptors (Lipinski definition) is 4. The molecule has 37 heavy (non-hydrogen) atoms. The number of carbonyl (C=O) groups excluding carboxylic acids is 3. The summed E-state index contributed by atoms with van der Waals surface area (Å²) in [6.07, 6.45) is 5.64. The average Bonchev–Trinajstić information content (AvgIpc) is 3.15. The van der Waals surface area contributed by atoms with Crippen molar-refractivity contribution in [2.45, 2.75) is 65.3 Å². The Bertz CT molecular complexity index is 1100. The van der Waals surface area contributed by atoms with Crippen LogP contribution < -0.4 is 11.1 Å². The third-order valence-electron chi connectivity index (χ3n) is 6.85.